The number of rotatable bonds is 2. The largest absolute Gasteiger partial charge is 0.316 e. The van der Waals surface area contributed by atoms with E-state index in [9.17, 15) is 0 Å². The van der Waals surface area contributed by atoms with Gasteiger partial charge in [-0.15, -0.1) is 0 Å². The van der Waals surface area contributed by atoms with Crippen molar-refractivity contribution in [3.63, 3.8) is 0 Å². The molecular formula is C12H24N2. The lowest BCUT2D eigenvalue weighted by molar-refractivity contribution is 0.106. The van der Waals surface area contributed by atoms with Gasteiger partial charge in [0.15, 0.2) is 0 Å². The molecule has 2 fully saturated rings. The van der Waals surface area contributed by atoms with Crippen molar-refractivity contribution in [1.29, 1.82) is 0 Å². The molecule has 0 bridgehead atoms. The van der Waals surface area contributed by atoms with E-state index in [-0.39, 0.29) is 0 Å². The number of hydrogen-bond donors (Lipinski definition) is 1. The van der Waals surface area contributed by atoms with Crippen molar-refractivity contribution in [3.8, 4) is 0 Å². The summed E-state index contributed by atoms with van der Waals surface area (Å²) >= 11 is 0. The summed E-state index contributed by atoms with van der Waals surface area (Å²) in [5, 5.41) is 3.48. The first-order chi connectivity index (χ1) is 6.79. The van der Waals surface area contributed by atoms with E-state index in [2.05, 4.69) is 24.2 Å². The molecule has 0 aromatic carbocycles. The first-order valence-corrected chi connectivity index (χ1v) is 6.21. The van der Waals surface area contributed by atoms with Crippen LogP contribution in [0.3, 0.4) is 0 Å². The minimum absolute atomic E-state index is 0.828. The second kappa shape index (κ2) is 4.63. The van der Waals surface area contributed by atoms with Crippen LogP contribution in [0.15, 0.2) is 0 Å². The normalized spacial score (nSPS) is 35.4. The molecule has 14 heavy (non-hydrogen) atoms. The maximum absolute atomic E-state index is 3.48. The molecule has 1 saturated heterocycles. The van der Waals surface area contributed by atoms with Gasteiger partial charge < -0.3 is 10.2 Å². The van der Waals surface area contributed by atoms with E-state index < -0.39 is 0 Å². The Hall–Kier alpha value is -0.0800. The van der Waals surface area contributed by atoms with Crippen molar-refractivity contribution in [1.82, 2.24) is 10.2 Å². The van der Waals surface area contributed by atoms with E-state index in [1.54, 1.807) is 0 Å². The lowest BCUT2D eigenvalue weighted by Crippen LogP contribution is -2.50. The first-order valence-electron chi connectivity index (χ1n) is 6.21. The summed E-state index contributed by atoms with van der Waals surface area (Å²) in [6.07, 6.45) is 7.12. The van der Waals surface area contributed by atoms with Crippen molar-refractivity contribution in [2.24, 2.45) is 5.92 Å². The van der Waals surface area contributed by atoms with Gasteiger partial charge in [-0.3, -0.25) is 0 Å². The Morgan fingerprint density at radius 1 is 1.14 bits per heavy atom. The van der Waals surface area contributed by atoms with Crippen molar-refractivity contribution in [2.45, 2.75) is 51.1 Å². The Balaban J connectivity index is 1.91. The van der Waals surface area contributed by atoms with Gasteiger partial charge in [-0.25, -0.2) is 0 Å². The molecule has 2 aliphatic rings. The van der Waals surface area contributed by atoms with Crippen LogP contribution >= 0.6 is 0 Å². The van der Waals surface area contributed by atoms with Gasteiger partial charge in [0, 0.05) is 12.1 Å². The molecule has 82 valence electrons. The van der Waals surface area contributed by atoms with Crippen LogP contribution in [0.5, 0.6) is 0 Å². The summed E-state index contributed by atoms with van der Waals surface area (Å²) in [6.45, 7) is 4.82. The van der Waals surface area contributed by atoms with Crippen LogP contribution in [0.2, 0.25) is 0 Å². The standard InChI is InChI=1S/C12H24N2/c1-10-9-13-8-7-12(10)14(2)11-5-3-4-6-11/h10-13H,3-9H2,1-2H3. The van der Waals surface area contributed by atoms with Crippen molar-refractivity contribution < 1.29 is 0 Å². The second-order valence-corrected chi connectivity index (χ2v) is 5.14. The quantitative estimate of drug-likeness (QED) is 0.725. The van der Waals surface area contributed by atoms with Crippen LogP contribution in [0.25, 0.3) is 0 Å². The lowest BCUT2D eigenvalue weighted by atomic mass is 9.93. The Morgan fingerprint density at radius 2 is 1.86 bits per heavy atom. The molecule has 0 spiro atoms. The molecule has 1 aliphatic carbocycles. The second-order valence-electron chi connectivity index (χ2n) is 5.14. The van der Waals surface area contributed by atoms with E-state index in [1.807, 2.05) is 0 Å². The molecule has 2 unspecified atom stereocenters. The van der Waals surface area contributed by atoms with Gasteiger partial charge in [0.1, 0.15) is 0 Å². The molecule has 0 aromatic heterocycles. The Morgan fingerprint density at radius 3 is 2.50 bits per heavy atom. The van der Waals surface area contributed by atoms with Crippen LogP contribution < -0.4 is 5.32 Å². The molecule has 2 nitrogen and oxygen atoms in total. The fourth-order valence-corrected chi connectivity index (χ4v) is 3.19. The average molecular weight is 196 g/mol. The Kier molecular flexibility index (Phi) is 3.45. The fraction of sp³-hybridized carbons (Fsp3) is 1.00. The molecule has 2 heteroatoms. The molecule has 2 rings (SSSR count). The molecule has 1 aliphatic heterocycles. The van der Waals surface area contributed by atoms with Gasteiger partial charge in [0.05, 0.1) is 0 Å². The van der Waals surface area contributed by atoms with Crippen LogP contribution in [0.1, 0.15) is 39.0 Å². The smallest absolute Gasteiger partial charge is 0.0145 e. The van der Waals surface area contributed by atoms with E-state index in [0.717, 1.165) is 18.0 Å². The third-order valence-corrected chi connectivity index (χ3v) is 4.16. The highest BCUT2D eigenvalue weighted by atomic mass is 15.2. The molecule has 0 amide bonds. The monoisotopic (exact) mass is 196 g/mol. The van der Waals surface area contributed by atoms with Gasteiger partial charge in [-0.05, 0) is 45.3 Å². The summed E-state index contributed by atoms with van der Waals surface area (Å²) in [4.78, 5) is 2.68. The Labute approximate surface area is 88.1 Å². The van der Waals surface area contributed by atoms with Crippen molar-refractivity contribution >= 4 is 0 Å². The highest BCUT2D eigenvalue weighted by Crippen LogP contribution is 2.27. The summed E-state index contributed by atoms with van der Waals surface area (Å²) in [6, 6.07) is 1.72. The zero-order valence-electron chi connectivity index (χ0n) is 9.63. The lowest BCUT2D eigenvalue weighted by Gasteiger charge is -2.39. The molecule has 0 aromatic rings. The van der Waals surface area contributed by atoms with E-state index >= 15 is 0 Å². The summed E-state index contributed by atoms with van der Waals surface area (Å²) < 4.78 is 0. The third-order valence-electron chi connectivity index (χ3n) is 4.16. The predicted molar refractivity (Wildman–Crippen MR) is 60.5 cm³/mol. The minimum atomic E-state index is 0.828. The molecular weight excluding hydrogens is 172 g/mol. The maximum Gasteiger partial charge on any atom is 0.0145 e. The van der Waals surface area contributed by atoms with Gasteiger partial charge in [-0.2, -0.15) is 0 Å². The summed E-state index contributed by atoms with van der Waals surface area (Å²) in [5.41, 5.74) is 0. The Bertz CT molecular complexity index is 175. The van der Waals surface area contributed by atoms with Gasteiger partial charge >= 0.3 is 0 Å². The third kappa shape index (κ3) is 2.12. The van der Waals surface area contributed by atoms with E-state index in [0.29, 0.717) is 0 Å². The van der Waals surface area contributed by atoms with Gasteiger partial charge in [0.25, 0.3) is 0 Å². The van der Waals surface area contributed by atoms with Crippen LogP contribution in [-0.2, 0) is 0 Å². The highest BCUT2D eigenvalue weighted by Gasteiger charge is 2.30. The fourth-order valence-electron chi connectivity index (χ4n) is 3.19. The number of piperidine rings is 1. The van der Waals surface area contributed by atoms with Gasteiger partial charge in [-0.1, -0.05) is 19.8 Å². The van der Waals surface area contributed by atoms with Crippen molar-refractivity contribution in [2.75, 3.05) is 20.1 Å². The minimum Gasteiger partial charge on any atom is -0.316 e. The number of nitrogens with zero attached hydrogens (tertiary/aromatic N) is 1. The number of hydrogen-bond acceptors (Lipinski definition) is 2. The van der Waals surface area contributed by atoms with E-state index in [1.165, 1.54) is 45.2 Å². The highest BCUT2D eigenvalue weighted by molar-refractivity contribution is 4.86. The van der Waals surface area contributed by atoms with Crippen LogP contribution in [-0.4, -0.2) is 37.1 Å². The van der Waals surface area contributed by atoms with E-state index in [4.69, 9.17) is 0 Å². The first kappa shape index (κ1) is 10.4. The van der Waals surface area contributed by atoms with Crippen LogP contribution in [0.4, 0.5) is 0 Å². The zero-order chi connectivity index (χ0) is 9.97. The molecule has 1 saturated carbocycles. The van der Waals surface area contributed by atoms with Gasteiger partial charge in [0.2, 0.25) is 0 Å². The molecule has 0 radical (unpaired) electrons. The molecule has 2 atom stereocenters. The summed E-state index contributed by atoms with van der Waals surface area (Å²) in [5.74, 6) is 0.828. The maximum atomic E-state index is 3.48. The van der Waals surface area contributed by atoms with Crippen LogP contribution in [0, 0.1) is 5.92 Å². The predicted octanol–water partition coefficient (Wildman–Crippen LogP) is 1.86. The summed E-state index contributed by atoms with van der Waals surface area (Å²) in [7, 11) is 2.35. The zero-order valence-corrected chi connectivity index (χ0v) is 9.63. The SMILES string of the molecule is CC1CNCCC1N(C)C1CCCC1. The van der Waals surface area contributed by atoms with Crippen molar-refractivity contribution in [3.05, 3.63) is 0 Å². The number of nitrogens with one attached hydrogen (secondary N) is 1. The average Bonchev–Trinajstić information content (AvgIpc) is 2.70. The topological polar surface area (TPSA) is 15.3 Å². The molecule has 1 heterocycles. The molecule has 1 N–H and O–H groups in total.